The van der Waals surface area contributed by atoms with E-state index >= 15 is 0 Å². The quantitative estimate of drug-likeness (QED) is 0.527. The number of ketones is 2. The van der Waals surface area contributed by atoms with Gasteiger partial charge in [0.15, 0.2) is 11.6 Å². The predicted octanol–water partition coefficient (Wildman–Crippen LogP) is 3.73. The third-order valence-corrected chi connectivity index (χ3v) is 2.58. The zero-order valence-electron chi connectivity index (χ0n) is 11.5. The average molecular weight is 244 g/mol. The number of hydrogen-bond acceptors (Lipinski definition) is 2. The van der Waals surface area contributed by atoms with Crippen LogP contribution in [-0.4, -0.2) is 11.6 Å². The SMILES string of the molecule is C=C(C=CC(=C)C(C)=CC=C(C)C(C)=O)C(C)=O. The van der Waals surface area contributed by atoms with E-state index in [1.54, 1.807) is 25.2 Å². The second kappa shape index (κ2) is 7.38. The molecule has 0 unspecified atom stereocenters. The normalized spacial score (nSPS) is 12.7. The van der Waals surface area contributed by atoms with E-state index in [0.29, 0.717) is 11.1 Å². The van der Waals surface area contributed by atoms with Gasteiger partial charge in [0.05, 0.1) is 0 Å². The van der Waals surface area contributed by atoms with Crippen LogP contribution >= 0.6 is 0 Å². The smallest absolute Gasteiger partial charge is 0.159 e. The van der Waals surface area contributed by atoms with Crippen molar-refractivity contribution in [2.75, 3.05) is 0 Å². The van der Waals surface area contributed by atoms with Crippen molar-refractivity contribution < 1.29 is 9.59 Å². The van der Waals surface area contributed by atoms with E-state index in [1.165, 1.54) is 13.8 Å². The molecule has 0 aromatic rings. The Labute approximate surface area is 109 Å². The molecule has 96 valence electrons. The number of allylic oxidation sites excluding steroid dienone is 8. The second-order valence-corrected chi connectivity index (χ2v) is 4.20. The van der Waals surface area contributed by atoms with Crippen LogP contribution in [0.3, 0.4) is 0 Å². The van der Waals surface area contributed by atoms with Crippen molar-refractivity contribution in [2.45, 2.75) is 27.7 Å². The maximum atomic E-state index is 11.0. The van der Waals surface area contributed by atoms with E-state index in [9.17, 15) is 9.59 Å². The van der Waals surface area contributed by atoms with Crippen LogP contribution in [-0.2, 0) is 9.59 Å². The molecule has 0 fully saturated rings. The molecule has 0 saturated carbocycles. The predicted molar refractivity (Wildman–Crippen MR) is 76.3 cm³/mol. The van der Waals surface area contributed by atoms with E-state index in [1.807, 2.05) is 13.0 Å². The van der Waals surface area contributed by atoms with Gasteiger partial charge in [0.25, 0.3) is 0 Å². The van der Waals surface area contributed by atoms with Gasteiger partial charge in [-0.3, -0.25) is 9.59 Å². The molecule has 0 spiro atoms. The molecule has 0 radical (unpaired) electrons. The van der Waals surface area contributed by atoms with Gasteiger partial charge in [-0.15, -0.1) is 0 Å². The van der Waals surface area contributed by atoms with Crippen molar-refractivity contribution in [3.05, 3.63) is 59.8 Å². The summed E-state index contributed by atoms with van der Waals surface area (Å²) < 4.78 is 0. The summed E-state index contributed by atoms with van der Waals surface area (Å²) in [5, 5.41) is 0. The van der Waals surface area contributed by atoms with Gasteiger partial charge in [-0.2, -0.15) is 0 Å². The Balaban J connectivity index is 4.77. The van der Waals surface area contributed by atoms with Crippen LogP contribution in [0, 0.1) is 0 Å². The highest BCUT2D eigenvalue weighted by Crippen LogP contribution is 2.11. The van der Waals surface area contributed by atoms with Gasteiger partial charge in [-0.1, -0.05) is 37.5 Å². The zero-order valence-corrected chi connectivity index (χ0v) is 11.5. The first-order valence-electron chi connectivity index (χ1n) is 5.69. The van der Waals surface area contributed by atoms with Crippen LogP contribution in [0.15, 0.2) is 59.8 Å². The lowest BCUT2D eigenvalue weighted by Crippen LogP contribution is -1.91. The number of Topliss-reactive ketones (excluding diaryl/α,β-unsaturated/α-hetero) is 2. The molecular weight excluding hydrogens is 224 g/mol. The molecule has 0 aromatic heterocycles. The van der Waals surface area contributed by atoms with Crippen molar-refractivity contribution in [3.8, 4) is 0 Å². The molecule has 0 aliphatic rings. The van der Waals surface area contributed by atoms with Crippen LogP contribution in [0.1, 0.15) is 27.7 Å². The minimum atomic E-state index is -0.0620. The van der Waals surface area contributed by atoms with Gasteiger partial charge in [-0.05, 0) is 44.4 Å². The second-order valence-electron chi connectivity index (χ2n) is 4.20. The molecule has 0 rings (SSSR count). The molecule has 0 heterocycles. The topological polar surface area (TPSA) is 34.1 Å². The fourth-order valence-electron chi connectivity index (χ4n) is 0.924. The highest BCUT2D eigenvalue weighted by molar-refractivity contribution is 5.95. The lowest BCUT2D eigenvalue weighted by Gasteiger charge is -1.99. The largest absolute Gasteiger partial charge is 0.295 e. The van der Waals surface area contributed by atoms with Crippen LogP contribution < -0.4 is 0 Å². The average Bonchev–Trinajstić information content (AvgIpc) is 2.31. The molecule has 2 nitrogen and oxygen atoms in total. The molecule has 0 amide bonds. The monoisotopic (exact) mass is 244 g/mol. The maximum absolute atomic E-state index is 11.0. The number of carbonyl (C=O) groups excluding carboxylic acids is 2. The van der Waals surface area contributed by atoms with Gasteiger partial charge in [-0.25, -0.2) is 0 Å². The van der Waals surface area contributed by atoms with E-state index in [2.05, 4.69) is 13.2 Å². The van der Waals surface area contributed by atoms with Crippen molar-refractivity contribution >= 4 is 11.6 Å². The Bertz CT molecular complexity index is 471. The Morgan fingerprint density at radius 3 is 1.61 bits per heavy atom. The minimum absolute atomic E-state index is 0.0464. The molecule has 0 N–H and O–H groups in total. The standard InChI is InChI=1S/C16H20O2/c1-11(7-9-13(3)15(5)17)12(2)8-10-14(4)16(6)18/h7-10H,1,3H2,2,4-6H3. The van der Waals surface area contributed by atoms with E-state index in [-0.39, 0.29) is 11.6 Å². The highest BCUT2D eigenvalue weighted by Gasteiger charge is 1.97. The summed E-state index contributed by atoms with van der Waals surface area (Å²) in [6.45, 7) is 14.2. The molecule has 0 bridgehead atoms. The van der Waals surface area contributed by atoms with Crippen LogP contribution in [0.2, 0.25) is 0 Å². The van der Waals surface area contributed by atoms with Gasteiger partial charge in [0.1, 0.15) is 0 Å². The minimum Gasteiger partial charge on any atom is -0.295 e. The first-order valence-corrected chi connectivity index (χ1v) is 5.69. The molecular formula is C16H20O2. The lowest BCUT2D eigenvalue weighted by molar-refractivity contribution is -0.114. The summed E-state index contributed by atoms with van der Waals surface area (Å²) in [4.78, 5) is 22.0. The Hall–Kier alpha value is -1.96. The molecule has 18 heavy (non-hydrogen) atoms. The fraction of sp³-hybridized carbons (Fsp3) is 0.250. The summed E-state index contributed by atoms with van der Waals surface area (Å²) in [6.07, 6.45) is 6.98. The van der Waals surface area contributed by atoms with Gasteiger partial charge < -0.3 is 0 Å². The van der Waals surface area contributed by atoms with Gasteiger partial charge in [0.2, 0.25) is 0 Å². The molecule has 2 heteroatoms. The van der Waals surface area contributed by atoms with Crippen LogP contribution in [0.25, 0.3) is 0 Å². The summed E-state index contributed by atoms with van der Waals surface area (Å²) in [7, 11) is 0. The molecule has 0 saturated heterocycles. The summed E-state index contributed by atoms with van der Waals surface area (Å²) in [5.74, 6) is -0.0156. The Morgan fingerprint density at radius 2 is 1.17 bits per heavy atom. The van der Waals surface area contributed by atoms with Gasteiger partial charge in [0, 0.05) is 5.57 Å². The summed E-state index contributed by atoms with van der Waals surface area (Å²) >= 11 is 0. The molecule has 0 aromatic carbocycles. The van der Waals surface area contributed by atoms with Crippen molar-refractivity contribution in [3.63, 3.8) is 0 Å². The summed E-state index contributed by atoms with van der Waals surface area (Å²) in [6, 6.07) is 0. The first-order chi connectivity index (χ1) is 8.25. The highest BCUT2D eigenvalue weighted by atomic mass is 16.1. The van der Waals surface area contributed by atoms with Crippen molar-refractivity contribution in [1.29, 1.82) is 0 Å². The lowest BCUT2D eigenvalue weighted by atomic mass is 10.1. The maximum Gasteiger partial charge on any atom is 0.159 e. The van der Waals surface area contributed by atoms with E-state index in [4.69, 9.17) is 0 Å². The Kier molecular flexibility index (Phi) is 6.58. The van der Waals surface area contributed by atoms with Gasteiger partial charge >= 0.3 is 0 Å². The Morgan fingerprint density at radius 1 is 0.722 bits per heavy atom. The third kappa shape index (κ3) is 5.94. The molecule has 0 aliphatic heterocycles. The van der Waals surface area contributed by atoms with Crippen molar-refractivity contribution in [1.82, 2.24) is 0 Å². The van der Waals surface area contributed by atoms with Crippen LogP contribution in [0.4, 0.5) is 0 Å². The molecule has 0 aliphatic carbocycles. The fourth-order valence-corrected chi connectivity index (χ4v) is 0.924. The molecule has 0 atom stereocenters. The zero-order chi connectivity index (χ0) is 14.3. The number of carbonyl (C=O) groups is 2. The summed E-state index contributed by atoms with van der Waals surface area (Å²) in [5.41, 5.74) is 2.85. The van der Waals surface area contributed by atoms with Crippen molar-refractivity contribution in [2.24, 2.45) is 0 Å². The number of rotatable bonds is 6. The third-order valence-electron chi connectivity index (χ3n) is 2.58. The van der Waals surface area contributed by atoms with Crippen LogP contribution in [0.5, 0.6) is 0 Å². The van der Waals surface area contributed by atoms with E-state index < -0.39 is 0 Å². The number of hydrogen-bond donors (Lipinski definition) is 0. The van der Waals surface area contributed by atoms with E-state index in [0.717, 1.165) is 11.1 Å². The first kappa shape index (κ1) is 16.0.